The molecule has 0 unspecified atom stereocenters. The van der Waals surface area contributed by atoms with Crippen molar-refractivity contribution in [2.75, 3.05) is 0 Å². The summed E-state index contributed by atoms with van der Waals surface area (Å²) in [7, 11) is 0. The Kier molecular flexibility index (Phi) is 5.81. The molecule has 0 spiro atoms. The van der Waals surface area contributed by atoms with E-state index in [1.54, 1.807) is 0 Å². The number of oxazole rings is 1. The van der Waals surface area contributed by atoms with Gasteiger partial charge < -0.3 is 9.15 Å². The SMILES string of the molecule is O=C(/C=C/c1ccc(Cl)c([N+](=O)[O-])c1)OCc1coc(-c2ccc(F)cc2)n1. The Balaban J connectivity index is 1.59. The lowest BCUT2D eigenvalue weighted by molar-refractivity contribution is -0.384. The number of carbonyl (C=O) groups is 1. The summed E-state index contributed by atoms with van der Waals surface area (Å²) in [6, 6.07) is 9.76. The Morgan fingerprint density at radius 3 is 2.75 bits per heavy atom. The van der Waals surface area contributed by atoms with E-state index in [9.17, 15) is 19.3 Å². The van der Waals surface area contributed by atoms with Gasteiger partial charge in [0.05, 0.1) is 4.92 Å². The lowest BCUT2D eigenvalue weighted by Crippen LogP contribution is -2.01. The van der Waals surface area contributed by atoms with E-state index in [4.69, 9.17) is 20.8 Å². The van der Waals surface area contributed by atoms with Crippen LogP contribution in [0.3, 0.4) is 0 Å². The predicted octanol–water partition coefficient (Wildman–Crippen LogP) is 4.80. The molecule has 0 atom stereocenters. The van der Waals surface area contributed by atoms with Crippen molar-refractivity contribution in [3.63, 3.8) is 0 Å². The molecular formula is C19H12ClFN2O5. The van der Waals surface area contributed by atoms with Gasteiger partial charge in [-0.05, 0) is 42.0 Å². The molecule has 0 aliphatic heterocycles. The molecule has 0 radical (unpaired) electrons. The van der Waals surface area contributed by atoms with Gasteiger partial charge in [0.2, 0.25) is 5.89 Å². The summed E-state index contributed by atoms with van der Waals surface area (Å²) in [6.07, 6.45) is 3.84. The standard InChI is InChI=1S/C19H12ClFN2O5/c20-16-7-1-12(9-17(16)23(25)26)2-8-18(24)27-10-15-11-28-19(22-15)13-3-5-14(21)6-4-13/h1-9,11H,10H2/b8-2+. The quantitative estimate of drug-likeness (QED) is 0.254. The van der Waals surface area contributed by atoms with E-state index in [2.05, 4.69) is 4.98 Å². The summed E-state index contributed by atoms with van der Waals surface area (Å²) in [5.74, 6) is -0.763. The van der Waals surface area contributed by atoms with Gasteiger partial charge in [-0.25, -0.2) is 14.2 Å². The zero-order valence-corrected chi connectivity index (χ0v) is 14.9. The van der Waals surface area contributed by atoms with Gasteiger partial charge >= 0.3 is 5.97 Å². The van der Waals surface area contributed by atoms with E-state index in [0.717, 1.165) is 6.08 Å². The number of ether oxygens (including phenoxy) is 1. The molecule has 1 aromatic heterocycles. The molecule has 28 heavy (non-hydrogen) atoms. The third-order valence-corrected chi connectivity index (χ3v) is 3.90. The average molecular weight is 403 g/mol. The maximum Gasteiger partial charge on any atom is 0.331 e. The zero-order valence-electron chi connectivity index (χ0n) is 14.2. The second-order valence-electron chi connectivity index (χ2n) is 5.56. The first kappa shape index (κ1) is 19.2. The van der Waals surface area contributed by atoms with Gasteiger partial charge in [-0.1, -0.05) is 17.7 Å². The Hall–Kier alpha value is -3.52. The molecule has 0 bridgehead atoms. The fraction of sp³-hybridized carbons (Fsp3) is 0.0526. The monoisotopic (exact) mass is 402 g/mol. The Bertz CT molecular complexity index is 1050. The van der Waals surface area contributed by atoms with Gasteiger partial charge in [-0.2, -0.15) is 0 Å². The van der Waals surface area contributed by atoms with Crippen LogP contribution in [-0.2, 0) is 16.1 Å². The lowest BCUT2D eigenvalue weighted by Gasteiger charge is -1.99. The third-order valence-electron chi connectivity index (χ3n) is 3.58. The van der Waals surface area contributed by atoms with Crippen LogP contribution in [0.5, 0.6) is 0 Å². The highest BCUT2D eigenvalue weighted by Crippen LogP contribution is 2.25. The van der Waals surface area contributed by atoms with Gasteiger partial charge in [-0.3, -0.25) is 10.1 Å². The number of nitro benzene ring substituents is 1. The number of carbonyl (C=O) groups excluding carboxylic acids is 1. The summed E-state index contributed by atoms with van der Waals surface area (Å²) in [5.41, 5.74) is 1.13. The predicted molar refractivity (Wildman–Crippen MR) is 98.8 cm³/mol. The zero-order chi connectivity index (χ0) is 20.1. The topological polar surface area (TPSA) is 95.5 Å². The smallest absolute Gasteiger partial charge is 0.331 e. The van der Waals surface area contributed by atoms with Crippen molar-refractivity contribution in [2.24, 2.45) is 0 Å². The van der Waals surface area contributed by atoms with Crippen LogP contribution in [-0.4, -0.2) is 15.9 Å². The van der Waals surface area contributed by atoms with Crippen molar-refractivity contribution in [3.8, 4) is 11.5 Å². The number of benzene rings is 2. The Labute approximate surface area is 163 Å². The van der Waals surface area contributed by atoms with Crippen LogP contribution < -0.4 is 0 Å². The normalized spacial score (nSPS) is 10.9. The summed E-state index contributed by atoms with van der Waals surface area (Å²) < 4.78 is 23.3. The van der Waals surface area contributed by atoms with Crippen LogP contribution in [0, 0.1) is 15.9 Å². The fourth-order valence-corrected chi connectivity index (χ4v) is 2.42. The van der Waals surface area contributed by atoms with E-state index in [0.29, 0.717) is 16.8 Å². The van der Waals surface area contributed by atoms with Gasteiger partial charge in [0, 0.05) is 17.7 Å². The molecule has 0 saturated heterocycles. The number of hydrogen-bond acceptors (Lipinski definition) is 6. The molecule has 0 saturated carbocycles. The molecule has 0 amide bonds. The van der Waals surface area contributed by atoms with Crippen LogP contribution in [0.4, 0.5) is 10.1 Å². The highest BCUT2D eigenvalue weighted by atomic mass is 35.5. The molecule has 7 nitrogen and oxygen atoms in total. The molecule has 0 fully saturated rings. The minimum atomic E-state index is -0.663. The van der Waals surface area contributed by atoms with Crippen LogP contribution >= 0.6 is 11.6 Å². The van der Waals surface area contributed by atoms with Gasteiger partial charge in [-0.15, -0.1) is 0 Å². The number of hydrogen-bond donors (Lipinski definition) is 0. The maximum absolute atomic E-state index is 12.9. The third kappa shape index (κ3) is 4.80. The number of rotatable bonds is 6. The first-order chi connectivity index (χ1) is 13.4. The number of esters is 1. The van der Waals surface area contributed by atoms with E-state index >= 15 is 0 Å². The van der Waals surface area contributed by atoms with E-state index in [1.807, 2.05) is 0 Å². The minimum Gasteiger partial charge on any atom is -0.456 e. The first-order valence-corrected chi connectivity index (χ1v) is 8.29. The van der Waals surface area contributed by atoms with Crippen LogP contribution in [0.15, 0.2) is 59.2 Å². The van der Waals surface area contributed by atoms with Crippen molar-refractivity contribution in [3.05, 3.63) is 87.0 Å². The van der Waals surface area contributed by atoms with Crippen molar-refractivity contribution < 1.29 is 23.3 Å². The van der Waals surface area contributed by atoms with Crippen molar-refractivity contribution >= 4 is 29.3 Å². The van der Waals surface area contributed by atoms with Gasteiger partial charge in [0.15, 0.2) is 0 Å². The molecule has 0 N–H and O–H groups in total. The molecule has 3 aromatic rings. The number of aromatic nitrogens is 1. The molecule has 1 heterocycles. The Morgan fingerprint density at radius 1 is 1.29 bits per heavy atom. The van der Waals surface area contributed by atoms with Crippen molar-refractivity contribution in [1.82, 2.24) is 4.98 Å². The summed E-state index contributed by atoms with van der Waals surface area (Å²) in [5, 5.41) is 10.9. The molecule has 2 aromatic carbocycles. The van der Waals surface area contributed by atoms with Crippen LogP contribution in [0.1, 0.15) is 11.3 Å². The van der Waals surface area contributed by atoms with Crippen molar-refractivity contribution in [2.45, 2.75) is 6.61 Å². The minimum absolute atomic E-state index is 0.00715. The number of nitro groups is 1. The Morgan fingerprint density at radius 2 is 2.04 bits per heavy atom. The van der Waals surface area contributed by atoms with E-state index < -0.39 is 10.9 Å². The highest BCUT2D eigenvalue weighted by molar-refractivity contribution is 6.32. The second kappa shape index (κ2) is 8.45. The molecule has 3 rings (SSSR count). The second-order valence-corrected chi connectivity index (χ2v) is 5.97. The summed E-state index contributed by atoms with van der Waals surface area (Å²) in [4.78, 5) is 26.2. The number of halogens is 2. The van der Waals surface area contributed by atoms with Crippen molar-refractivity contribution in [1.29, 1.82) is 0 Å². The van der Waals surface area contributed by atoms with Gasteiger partial charge in [0.1, 0.15) is 29.4 Å². The first-order valence-electron chi connectivity index (χ1n) is 7.91. The van der Waals surface area contributed by atoms with Crippen LogP contribution in [0.2, 0.25) is 5.02 Å². The fourth-order valence-electron chi connectivity index (χ4n) is 2.23. The molecule has 142 valence electrons. The van der Waals surface area contributed by atoms with Gasteiger partial charge in [0.25, 0.3) is 5.69 Å². The van der Waals surface area contributed by atoms with E-state index in [-0.39, 0.29) is 29.0 Å². The summed E-state index contributed by atoms with van der Waals surface area (Å²) in [6.45, 7) is -0.130. The highest BCUT2D eigenvalue weighted by Gasteiger charge is 2.12. The maximum atomic E-state index is 12.9. The largest absolute Gasteiger partial charge is 0.456 e. The lowest BCUT2D eigenvalue weighted by atomic mass is 10.2. The summed E-state index contributed by atoms with van der Waals surface area (Å²) >= 11 is 5.73. The molecule has 0 aliphatic carbocycles. The molecule has 9 heteroatoms. The van der Waals surface area contributed by atoms with Crippen LogP contribution in [0.25, 0.3) is 17.5 Å². The average Bonchev–Trinajstić information content (AvgIpc) is 3.15. The number of nitrogens with zero attached hydrogens (tertiary/aromatic N) is 2. The molecule has 0 aliphatic rings. The van der Waals surface area contributed by atoms with E-state index in [1.165, 1.54) is 54.8 Å². The molecular weight excluding hydrogens is 391 g/mol.